The van der Waals surface area contributed by atoms with Crippen LogP contribution >= 0.6 is 0 Å². The van der Waals surface area contributed by atoms with Gasteiger partial charge in [-0.3, -0.25) is 0 Å². The van der Waals surface area contributed by atoms with Gasteiger partial charge in [0.15, 0.2) is 0 Å². The molecule has 2 aliphatic rings. The van der Waals surface area contributed by atoms with Crippen LogP contribution < -0.4 is 0 Å². The van der Waals surface area contributed by atoms with Crippen LogP contribution in [0.5, 0.6) is 0 Å². The summed E-state index contributed by atoms with van der Waals surface area (Å²) in [5.74, 6) is 0. The zero-order chi connectivity index (χ0) is 12.3. The normalized spacial score (nSPS) is 17.9. The maximum absolute atomic E-state index is 2.55. The molecule has 17 heavy (non-hydrogen) atoms. The van der Waals surface area contributed by atoms with E-state index < -0.39 is 20.4 Å². The molecule has 0 aromatic rings. The quantitative estimate of drug-likeness (QED) is 0.658. The number of hydrogen-bond acceptors (Lipinski definition) is 0. The Morgan fingerprint density at radius 1 is 1.24 bits per heavy atom. The van der Waals surface area contributed by atoms with E-state index in [2.05, 4.69) is 50.4 Å². The summed E-state index contributed by atoms with van der Waals surface area (Å²) in [6.07, 6.45) is 17.1. The van der Waals surface area contributed by atoms with Crippen molar-refractivity contribution in [3.8, 4) is 0 Å². The van der Waals surface area contributed by atoms with Crippen molar-refractivity contribution in [3.63, 3.8) is 0 Å². The Kier molecular flexibility index (Phi) is 4.99. The third-order valence-electron chi connectivity index (χ3n) is 3.44. The molecule has 2 heteroatoms. The number of allylic oxidation sites excluding steroid dienone is 8. The van der Waals surface area contributed by atoms with Crippen LogP contribution in [0.1, 0.15) is 32.6 Å². The molecule has 2 aliphatic carbocycles. The molecule has 0 radical (unpaired) electrons. The molecule has 0 aromatic carbocycles. The van der Waals surface area contributed by atoms with Crippen molar-refractivity contribution in [1.29, 1.82) is 0 Å². The summed E-state index contributed by atoms with van der Waals surface area (Å²) in [6, 6.07) is 0. The van der Waals surface area contributed by atoms with Gasteiger partial charge in [-0.1, -0.05) is 0 Å². The van der Waals surface area contributed by atoms with Crippen molar-refractivity contribution in [2.45, 2.75) is 45.7 Å². The Bertz CT molecular complexity index is 457. The van der Waals surface area contributed by atoms with E-state index in [1.54, 1.807) is 5.57 Å². The molecule has 0 fully saturated rings. The Morgan fingerprint density at radius 3 is 2.65 bits per heavy atom. The molecule has 2 rings (SSSR count). The molecule has 0 aromatic heterocycles. The van der Waals surface area contributed by atoms with Crippen LogP contribution in [0.25, 0.3) is 0 Å². The molecular formula is C15H22SiZr. The van der Waals surface area contributed by atoms with Crippen molar-refractivity contribution < 1.29 is 20.4 Å². The molecular weight excluding hydrogens is 299 g/mol. The Labute approximate surface area is 113 Å². The maximum atomic E-state index is 2.55. The Balaban J connectivity index is 2.36. The first-order valence-corrected chi connectivity index (χ1v) is 15.3. The Hall–Kier alpha value is 0.0600. The van der Waals surface area contributed by atoms with Gasteiger partial charge < -0.3 is 0 Å². The SMILES string of the molecule is CCCC1=[C]([Zr]([C]2=CC=CC2)=[Si](C)C)CC=C1. The van der Waals surface area contributed by atoms with Crippen LogP contribution in [0.15, 0.2) is 42.5 Å². The minimum atomic E-state index is -1.43. The number of rotatable bonds is 4. The Morgan fingerprint density at radius 2 is 2.06 bits per heavy atom. The van der Waals surface area contributed by atoms with Gasteiger partial charge in [0.2, 0.25) is 0 Å². The van der Waals surface area contributed by atoms with Crippen LogP contribution in [0.2, 0.25) is 13.1 Å². The fourth-order valence-electron chi connectivity index (χ4n) is 2.77. The summed E-state index contributed by atoms with van der Waals surface area (Å²) in [5, 5.41) is 0. The molecule has 0 amide bonds. The van der Waals surface area contributed by atoms with Gasteiger partial charge in [0, 0.05) is 0 Å². The third-order valence-corrected chi connectivity index (χ3v) is 20.8. The standard InChI is InChI=1S/C8H11.C5H5.C2H6Si.Zr/c1-2-5-8-6-3-4-7-8;1-2-4-5-3-1;1-3-2;/h3,6H,2,4-5H2,1H3;1-3H,4H2;1-2H3;. The zero-order valence-electron chi connectivity index (χ0n) is 11.2. The van der Waals surface area contributed by atoms with Gasteiger partial charge in [-0.2, -0.15) is 0 Å². The second-order valence-corrected chi connectivity index (χ2v) is 22.3. The predicted molar refractivity (Wildman–Crippen MR) is 75.0 cm³/mol. The van der Waals surface area contributed by atoms with Crippen molar-refractivity contribution in [2.75, 3.05) is 0 Å². The minimum absolute atomic E-state index is 0.0988. The molecule has 0 N–H and O–H groups in total. The van der Waals surface area contributed by atoms with Gasteiger partial charge in [-0.25, -0.2) is 0 Å². The molecule has 0 aliphatic heterocycles. The summed E-state index contributed by atoms with van der Waals surface area (Å²) in [5.41, 5.74) is 1.62. The van der Waals surface area contributed by atoms with Gasteiger partial charge in [0.25, 0.3) is 0 Å². The van der Waals surface area contributed by atoms with Crippen LogP contribution in [0.4, 0.5) is 0 Å². The molecule has 0 spiro atoms. The molecule has 0 heterocycles. The topological polar surface area (TPSA) is 0 Å². The van der Waals surface area contributed by atoms with E-state index >= 15 is 0 Å². The molecule has 0 bridgehead atoms. The van der Waals surface area contributed by atoms with Crippen molar-refractivity contribution in [1.82, 2.24) is 0 Å². The average molecular weight is 322 g/mol. The molecule has 0 saturated carbocycles. The monoisotopic (exact) mass is 320 g/mol. The van der Waals surface area contributed by atoms with E-state index in [4.69, 9.17) is 0 Å². The molecule has 0 saturated heterocycles. The van der Waals surface area contributed by atoms with Crippen molar-refractivity contribution in [3.05, 3.63) is 42.5 Å². The summed E-state index contributed by atoms with van der Waals surface area (Å²) < 4.78 is 3.79. The second-order valence-electron chi connectivity index (χ2n) is 5.06. The fourth-order valence-corrected chi connectivity index (χ4v) is 20.3. The summed E-state index contributed by atoms with van der Waals surface area (Å²) in [7, 11) is 0. The van der Waals surface area contributed by atoms with Gasteiger partial charge >= 0.3 is 114 Å². The molecule has 0 atom stereocenters. The van der Waals surface area contributed by atoms with Gasteiger partial charge in [0.05, 0.1) is 0 Å². The van der Waals surface area contributed by atoms with E-state index in [0.29, 0.717) is 0 Å². The van der Waals surface area contributed by atoms with Crippen molar-refractivity contribution in [2.24, 2.45) is 0 Å². The summed E-state index contributed by atoms with van der Waals surface area (Å²) in [4.78, 5) is 0. The van der Waals surface area contributed by atoms with Gasteiger partial charge in [-0.15, -0.1) is 0 Å². The average Bonchev–Trinajstić information content (AvgIpc) is 2.92. The van der Waals surface area contributed by atoms with Gasteiger partial charge in [0.1, 0.15) is 0 Å². The first kappa shape index (κ1) is 13.5. The van der Waals surface area contributed by atoms with E-state index in [0.717, 1.165) is 0 Å². The summed E-state index contributed by atoms with van der Waals surface area (Å²) >= 11 is -1.43. The van der Waals surface area contributed by atoms with Gasteiger partial charge in [-0.05, 0) is 0 Å². The van der Waals surface area contributed by atoms with Crippen molar-refractivity contribution >= 4 is 5.43 Å². The molecule has 90 valence electrons. The zero-order valence-corrected chi connectivity index (χ0v) is 14.7. The first-order valence-electron chi connectivity index (χ1n) is 6.66. The predicted octanol–water partition coefficient (Wildman–Crippen LogP) is 4.71. The van der Waals surface area contributed by atoms with E-state index in [-0.39, 0.29) is 5.43 Å². The van der Waals surface area contributed by atoms with Crippen LogP contribution in [-0.4, -0.2) is 5.43 Å². The third kappa shape index (κ3) is 3.09. The van der Waals surface area contributed by atoms with E-state index in [1.165, 1.54) is 25.7 Å². The van der Waals surface area contributed by atoms with E-state index in [1.807, 2.05) is 6.56 Å². The van der Waals surface area contributed by atoms with E-state index in [9.17, 15) is 0 Å². The van der Waals surface area contributed by atoms with Crippen LogP contribution in [0.3, 0.4) is 0 Å². The fraction of sp³-hybridized carbons (Fsp3) is 0.467. The number of hydrogen-bond donors (Lipinski definition) is 0. The summed E-state index contributed by atoms with van der Waals surface area (Å²) in [6.45, 7) is 7.40. The van der Waals surface area contributed by atoms with Crippen LogP contribution in [0, 0.1) is 0 Å². The molecule has 0 nitrogen and oxygen atoms in total. The molecule has 0 unspecified atom stereocenters. The van der Waals surface area contributed by atoms with Crippen LogP contribution in [-0.2, 0) is 20.4 Å². The first-order chi connectivity index (χ1) is 8.24. The second kappa shape index (κ2) is 6.29.